The summed E-state index contributed by atoms with van der Waals surface area (Å²) in [7, 11) is -0.325. The SMILES string of the molecule is CCS(=O)(=O)N1CCSC1Cn1cnc2c1c(=O)n(C)c(=O)n2C. The molecule has 132 valence electrons. The first-order valence-corrected chi connectivity index (χ1v) is 10.2. The van der Waals surface area contributed by atoms with Crippen molar-refractivity contribution in [1.82, 2.24) is 23.0 Å². The van der Waals surface area contributed by atoms with Gasteiger partial charge in [-0.3, -0.25) is 13.9 Å². The second kappa shape index (κ2) is 6.05. The predicted octanol–water partition coefficient (Wildman–Crippen LogP) is -0.842. The van der Waals surface area contributed by atoms with Crippen molar-refractivity contribution in [3.8, 4) is 0 Å². The van der Waals surface area contributed by atoms with E-state index in [0.717, 1.165) is 4.57 Å². The third-order valence-electron chi connectivity index (χ3n) is 4.24. The number of hydrogen-bond acceptors (Lipinski definition) is 6. The Morgan fingerprint density at radius 2 is 2.00 bits per heavy atom. The molecule has 0 amide bonds. The fraction of sp³-hybridized carbons (Fsp3) is 0.615. The van der Waals surface area contributed by atoms with Gasteiger partial charge < -0.3 is 4.57 Å². The summed E-state index contributed by atoms with van der Waals surface area (Å²) in [6.45, 7) is 2.40. The molecule has 0 spiro atoms. The highest BCUT2D eigenvalue weighted by Crippen LogP contribution is 2.28. The summed E-state index contributed by atoms with van der Waals surface area (Å²) in [4.78, 5) is 28.6. The van der Waals surface area contributed by atoms with Gasteiger partial charge in [0.05, 0.1) is 24.0 Å². The van der Waals surface area contributed by atoms with Crippen molar-refractivity contribution in [2.24, 2.45) is 14.1 Å². The van der Waals surface area contributed by atoms with Crippen LogP contribution in [0.1, 0.15) is 6.92 Å². The lowest BCUT2D eigenvalue weighted by atomic mass is 10.4. The van der Waals surface area contributed by atoms with E-state index < -0.39 is 21.3 Å². The van der Waals surface area contributed by atoms with E-state index in [4.69, 9.17) is 0 Å². The first-order chi connectivity index (χ1) is 11.3. The quantitative estimate of drug-likeness (QED) is 0.693. The summed E-state index contributed by atoms with van der Waals surface area (Å²) < 4.78 is 29.9. The Kier molecular flexibility index (Phi) is 4.34. The summed E-state index contributed by atoms with van der Waals surface area (Å²) in [6, 6.07) is 0. The monoisotopic (exact) mass is 373 g/mol. The molecule has 0 radical (unpaired) electrons. The molecule has 2 aromatic heterocycles. The zero-order valence-corrected chi connectivity index (χ0v) is 15.3. The maximum atomic E-state index is 12.4. The van der Waals surface area contributed by atoms with Gasteiger partial charge in [0.25, 0.3) is 5.56 Å². The number of aryl methyl sites for hydroxylation is 1. The molecule has 1 fully saturated rings. The van der Waals surface area contributed by atoms with Gasteiger partial charge in [0, 0.05) is 26.4 Å². The van der Waals surface area contributed by atoms with Crippen LogP contribution < -0.4 is 11.2 Å². The third-order valence-corrected chi connectivity index (χ3v) is 7.46. The summed E-state index contributed by atoms with van der Waals surface area (Å²) in [6.07, 6.45) is 1.49. The number of rotatable bonds is 4. The summed E-state index contributed by atoms with van der Waals surface area (Å²) in [5.74, 6) is 0.762. The molecular weight excluding hydrogens is 354 g/mol. The zero-order chi connectivity index (χ0) is 17.6. The molecule has 1 saturated heterocycles. The van der Waals surface area contributed by atoms with Crippen LogP contribution in [0.25, 0.3) is 11.2 Å². The molecule has 1 aliphatic heterocycles. The topological polar surface area (TPSA) is 99.2 Å². The van der Waals surface area contributed by atoms with Crippen molar-refractivity contribution >= 4 is 32.9 Å². The van der Waals surface area contributed by atoms with E-state index in [9.17, 15) is 18.0 Å². The average Bonchev–Trinajstić information content (AvgIpc) is 3.19. The Labute approximate surface area is 142 Å². The van der Waals surface area contributed by atoms with Crippen LogP contribution >= 0.6 is 11.8 Å². The van der Waals surface area contributed by atoms with E-state index in [1.807, 2.05) is 0 Å². The van der Waals surface area contributed by atoms with Crippen molar-refractivity contribution in [2.45, 2.75) is 18.8 Å². The van der Waals surface area contributed by atoms with Gasteiger partial charge in [-0.2, -0.15) is 4.31 Å². The molecule has 0 aromatic carbocycles. The van der Waals surface area contributed by atoms with Crippen molar-refractivity contribution in [3.05, 3.63) is 27.2 Å². The molecule has 1 aliphatic rings. The molecular formula is C13H19N5O4S2. The lowest BCUT2D eigenvalue weighted by molar-refractivity contribution is 0.401. The van der Waals surface area contributed by atoms with Gasteiger partial charge in [-0.05, 0) is 6.92 Å². The normalized spacial score (nSPS) is 19.4. The number of hydrogen-bond donors (Lipinski definition) is 0. The molecule has 0 N–H and O–H groups in total. The second-order valence-corrected chi connectivity index (χ2v) is 9.11. The maximum absolute atomic E-state index is 12.4. The van der Waals surface area contributed by atoms with Crippen molar-refractivity contribution in [1.29, 1.82) is 0 Å². The molecule has 0 aliphatic carbocycles. The Morgan fingerprint density at radius 3 is 2.67 bits per heavy atom. The molecule has 0 saturated carbocycles. The summed E-state index contributed by atoms with van der Waals surface area (Å²) in [5, 5.41) is -0.283. The second-order valence-electron chi connectivity index (χ2n) is 5.61. The molecule has 2 aromatic rings. The first kappa shape index (κ1) is 17.2. The largest absolute Gasteiger partial charge is 0.332 e. The van der Waals surface area contributed by atoms with Gasteiger partial charge in [0.15, 0.2) is 11.2 Å². The fourth-order valence-corrected chi connectivity index (χ4v) is 5.77. The lowest BCUT2D eigenvalue weighted by Gasteiger charge is -2.23. The molecule has 0 bridgehead atoms. The summed E-state index contributed by atoms with van der Waals surface area (Å²) >= 11 is 1.54. The van der Waals surface area contributed by atoms with Crippen molar-refractivity contribution in [2.75, 3.05) is 18.1 Å². The first-order valence-electron chi connectivity index (χ1n) is 7.50. The van der Waals surface area contributed by atoms with Gasteiger partial charge in [0.1, 0.15) is 0 Å². The van der Waals surface area contributed by atoms with E-state index >= 15 is 0 Å². The van der Waals surface area contributed by atoms with Crippen molar-refractivity contribution in [3.63, 3.8) is 0 Å². The molecule has 24 heavy (non-hydrogen) atoms. The minimum absolute atomic E-state index is 0.0466. The number of fused-ring (bicyclic) bond motifs is 1. The van der Waals surface area contributed by atoms with Crippen LogP contribution in [-0.4, -0.2) is 54.8 Å². The Balaban J connectivity index is 2.06. The number of imidazole rings is 1. The standard InChI is InChI=1S/C13H19N5O4S2/c1-4-24(21,22)18-5-6-23-9(18)7-17-8-14-11-10(17)12(19)16(3)13(20)15(11)2/h8-9H,4-7H2,1-3H3. The Bertz CT molecular complexity index is 1000. The van der Waals surface area contributed by atoms with Crippen LogP contribution in [0.2, 0.25) is 0 Å². The molecule has 11 heteroatoms. The van der Waals surface area contributed by atoms with Crippen LogP contribution in [0.4, 0.5) is 0 Å². The van der Waals surface area contributed by atoms with E-state index in [-0.39, 0.29) is 11.1 Å². The van der Waals surface area contributed by atoms with Gasteiger partial charge in [-0.15, -0.1) is 11.8 Å². The highest BCUT2D eigenvalue weighted by molar-refractivity contribution is 8.01. The number of sulfonamides is 1. The molecule has 1 atom stereocenters. The predicted molar refractivity (Wildman–Crippen MR) is 92.6 cm³/mol. The molecule has 9 nitrogen and oxygen atoms in total. The van der Waals surface area contributed by atoms with Crippen LogP contribution in [0, 0.1) is 0 Å². The summed E-state index contributed by atoms with van der Waals surface area (Å²) in [5.41, 5.74) is -0.265. The number of aromatic nitrogens is 4. The number of thioether (sulfide) groups is 1. The zero-order valence-electron chi connectivity index (χ0n) is 13.7. The number of nitrogens with zero attached hydrogens (tertiary/aromatic N) is 5. The van der Waals surface area contributed by atoms with E-state index in [1.165, 1.54) is 34.0 Å². The average molecular weight is 373 g/mol. The minimum atomic E-state index is -3.30. The van der Waals surface area contributed by atoms with Gasteiger partial charge in [-0.25, -0.2) is 18.2 Å². The van der Waals surface area contributed by atoms with E-state index in [1.54, 1.807) is 18.5 Å². The highest BCUT2D eigenvalue weighted by Gasteiger charge is 2.34. The van der Waals surface area contributed by atoms with Gasteiger partial charge in [0.2, 0.25) is 10.0 Å². The van der Waals surface area contributed by atoms with Crippen molar-refractivity contribution < 1.29 is 8.42 Å². The van der Waals surface area contributed by atoms with Crippen LogP contribution in [-0.2, 0) is 30.7 Å². The molecule has 1 unspecified atom stereocenters. The third kappa shape index (κ3) is 2.60. The van der Waals surface area contributed by atoms with Crippen LogP contribution in [0.15, 0.2) is 15.9 Å². The maximum Gasteiger partial charge on any atom is 0.332 e. The smallest absolute Gasteiger partial charge is 0.322 e. The van der Waals surface area contributed by atoms with E-state index in [2.05, 4.69) is 4.98 Å². The van der Waals surface area contributed by atoms with Crippen LogP contribution in [0.3, 0.4) is 0 Å². The van der Waals surface area contributed by atoms with Gasteiger partial charge >= 0.3 is 5.69 Å². The Hall–Kier alpha value is -1.59. The lowest BCUT2D eigenvalue weighted by Crippen LogP contribution is -2.39. The van der Waals surface area contributed by atoms with Gasteiger partial charge in [-0.1, -0.05) is 0 Å². The minimum Gasteiger partial charge on any atom is -0.322 e. The Morgan fingerprint density at radius 1 is 1.29 bits per heavy atom. The molecule has 3 rings (SSSR count). The highest BCUT2D eigenvalue weighted by atomic mass is 32.2. The van der Waals surface area contributed by atoms with E-state index in [0.29, 0.717) is 30.0 Å². The van der Waals surface area contributed by atoms with Crippen LogP contribution in [0.5, 0.6) is 0 Å². The fourth-order valence-electron chi connectivity index (χ4n) is 2.84. The molecule has 3 heterocycles.